The van der Waals surface area contributed by atoms with E-state index in [-0.39, 0.29) is 34.3 Å². The van der Waals surface area contributed by atoms with E-state index in [0.717, 1.165) is 12.8 Å². The number of aromatic amines is 2. The molecular weight excluding hydrogens is 220 g/mol. The summed E-state index contributed by atoms with van der Waals surface area (Å²) in [6.45, 7) is 2.01. The minimum Gasteiger partial charge on any atom is -0.341 e. The number of hydrogen-bond acceptors (Lipinski definition) is 4. The number of ketones is 2. The maximum absolute atomic E-state index is 12.0. The normalized spacial score (nSPS) is 13.7. The van der Waals surface area contributed by atoms with Crippen LogP contribution in [0.2, 0.25) is 0 Å². The molecule has 1 aliphatic rings. The molecule has 0 saturated carbocycles. The predicted molar refractivity (Wildman–Crippen MR) is 58.0 cm³/mol. The Kier molecular flexibility index (Phi) is 1.98. The van der Waals surface area contributed by atoms with Gasteiger partial charge in [0, 0.05) is 6.42 Å². The molecule has 6 heteroatoms. The van der Waals surface area contributed by atoms with Gasteiger partial charge in [0.25, 0.3) is 0 Å². The first-order valence-electron chi connectivity index (χ1n) is 5.44. The van der Waals surface area contributed by atoms with E-state index in [1.807, 2.05) is 6.92 Å². The van der Waals surface area contributed by atoms with E-state index in [9.17, 15) is 9.59 Å². The van der Waals surface area contributed by atoms with Gasteiger partial charge in [-0.1, -0.05) is 6.92 Å². The van der Waals surface area contributed by atoms with E-state index in [4.69, 9.17) is 0 Å². The van der Waals surface area contributed by atoms with Crippen LogP contribution in [0, 0.1) is 0 Å². The van der Waals surface area contributed by atoms with Gasteiger partial charge < -0.3 is 9.97 Å². The van der Waals surface area contributed by atoms with Gasteiger partial charge in [-0.25, -0.2) is 9.97 Å². The van der Waals surface area contributed by atoms with E-state index < -0.39 is 0 Å². The summed E-state index contributed by atoms with van der Waals surface area (Å²) < 4.78 is 0. The van der Waals surface area contributed by atoms with Crippen LogP contribution in [-0.2, 0) is 6.42 Å². The molecule has 0 aliphatic heterocycles. The highest BCUT2D eigenvalue weighted by atomic mass is 16.1. The smallest absolute Gasteiger partial charge is 0.234 e. The van der Waals surface area contributed by atoms with Gasteiger partial charge in [-0.3, -0.25) is 9.59 Å². The van der Waals surface area contributed by atoms with Crippen LogP contribution in [0.4, 0.5) is 0 Å². The van der Waals surface area contributed by atoms with Gasteiger partial charge in [0.15, 0.2) is 0 Å². The quantitative estimate of drug-likeness (QED) is 0.683. The Bertz CT molecular complexity index is 575. The Morgan fingerprint density at radius 2 is 2.00 bits per heavy atom. The lowest BCUT2D eigenvalue weighted by Gasteiger charge is -2.06. The molecule has 17 heavy (non-hydrogen) atoms. The first-order valence-corrected chi connectivity index (χ1v) is 5.44. The molecule has 2 heterocycles. The number of nitrogens with zero attached hydrogens (tertiary/aromatic N) is 2. The summed E-state index contributed by atoms with van der Waals surface area (Å²) in [5.74, 6) is 0.126. The van der Waals surface area contributed by atoms with Crippen molar-refractivity contribution < 1.29 is 9.59 Å². The Labute approximate surface area is 96.5 Å². The minimum absolute atomic E-state index is 0.164. The van der Waals surface area contributed by atoms with Crippen LogP contribution in [0.1, 0.15) is 51.5 Å². The summed E-state index contributed by atoms with van der Waals surface area (Å²) in [4.78, 5) is 37.7. The van der Waals surface area contributed by atoms with Crippen LogP contribution in [0.3, 0.4) is 0 Å². The zero-order valence-corrected chi connectivity index (χ0v) is 9.20. The molecule has 0 radical (unpaired) electrons. The van der Waals surface area contributed by atoms with Gasteiger partial charge in [-0.05, 0) is 6.42 Å². The van der Waals surface area contributed by atoms with Crippen LogP contribution in [0.15, 0.2) is 6.33 Å². The molecule has 3 rings (SSSR count). The van der Waals surface area contributed by atoms with E-state index in [1.54, 1.807) is 0 Å². The zero-order chi connectivity index (χ0) is 12.0. The Balaban J connectivity index is 2.16. The summed E-state index contributed by atoms with van der Waals surface area (Å²) in [7, 11) is 0. The summed E-state index contributed by atoms with van der Waals surface area (Å²) in [5.41, 5.74) is 0.875. The average molecular weight is 230 g/mol. The monoisotopic (exact) mass is 230 g/mol. The van der Waals surface area contributed by atoms with Crippen LogP contribution in [0.5, 0.6) is 0 Å². The summed E-state index contributed by atoms with van der Waals surface area (Å²) in [6.07, 6.45) is 2.96. The number of fused-ring (bicyclic) bond motifs is 2. The number of aryl methyl sites for hydroxylation is 1. The number of imidazole rings is 2. The van der Waals surface area contributed by atoms with Crippen molar-refractivity contribution in [2.24, 2.45) is 0 Å². The fourth-order valence-corrected chi connectivity index (χ4v) is 1.98. The second-order valence-corrected chi connectivity index (χ2v) is 3.94. The molecule has 1 aliphatic carbocycles. The SMILES string of the molecule is CCCc1nc2c([nH]1)C(=O)c1[nH]cnc1C2=O. The van der Waals surface area contributed by atoms with Gasteiger partial charge >= 0.3 is 0 Å². The summed E-state index contributed by atoms with van der Waals surface area (Å²) in [5, 5.41) is 0. The fraction of sp³-hybridized carbons (Fsp3) is 0.273. The lowest BCUT2D eigenvalue weighted by molar-refractivity contribution is 0.0969. The molecule has 0 spiro atoms. The van der Waals surface area contributed by atoms with E-state index in [0.29, 0.717) is 5.82 Å². The van der Waals surface area contributed by atoms with Crippen LogP contribution >= 0.6 is 0 Å². The van der Waals surface area contributed by atoms with Crippen LogP contribution in [0.25, 0.3) is 0 Å². The highest BCUT2D eigenvalue weighted by Crippen LogP contribution is 2.23. The maximum atomic E-state index is 12.0. The molecule has 6 nitrogen and oxygen atoms in total. The van der Waals surface area contributed by atoms with Crippen LogP contribution in [-0.4, -0.2) is 31.5 Å². The highest BCUT2D eigenvalue weighted by molar-refractivity contribution is 6.25. The minimum atomic E-state index is -0.297. The fourth-order valence-electron chi connectivity index (χ4n) is 1.98. The van der Waals surface area contributed by atoms with Crippen molar-refractivity contribution in [2.45, 2.75) is 19.8 Å². The highest BCUT2D eigenvalue weighted by Gasteiger charge is 2.35. The predicted octanol–water partition coefficient (Wildman–Crippen LogP) is 0.861. The first-order chi connectivity index (χ1) is 8.22. The maximum Gasteiger partial charge on any atom is 0.234 e. The van der Waals surface area contributed by atoms with Crippen molar-refractivity contribution >= 4 is 11.6 Å². The molecule has 2 N–H and O–H groups in total. The van der Waals surface area contributed by atoms with Crippen molar-refractivity contribution in [2.75, 3.05) is 0 Å². The molecule has 0 saturated heterocycles. The number of aromatic nitrogens is 4. The molecule has 0 unspecified atom stereocenters. The number of carbonyl (C=O) groups excluding carboxylic acids is 2. The second-order valence-electron chi connectivity index (χ2n) is 3.94. The lowest BCUT2D eigenvalue weighted by Crippen LogP contribution is -2.20. The third-order valence-electron chi connectivity index (χ3n) is 2.76. The van der Waals surface area contributed by atoms with E-state index in [1.165, 1.54) is 6.33 Å². The second kappa shape index (κ2) is 3.38. The van der Waals surface area contributed by atoms with Crippen molar-refractivity contribution in [3.8, 4) is 0 Å². The molecular formula is C11H10N4O2. The molecule has 86 valence electrons. The van der Waals surface area contributed by atoms with Crippen molar-refractivity contribution in [3.63, 3.8) is 0 Å². The third kappa shape index (κ3) is 1.27. The van der Waals surface area contributed by atoms with E-state index >= 15 is 0 Å². The molecule has 2 aromatic rings. The zero-order valence-electron chi connectivity index (χ0n) is 9.20. The molecule has 0 fully saturated rings. The Morgan fingerprint density at radius 3 is 2.76 bits per heavy atom. The first kappa shape index (κ1) is 9.95. The number of rotatable bonds is 2. The molecule has 0 bridgehead atoms. The van der Waals surface area contributed by atoms with E-state index in [2.05, 4.69) is 19.9 Å². The number of nitrogens with one attached hydrogen (secondary N) is 2. The number of carbonyl (C=O) groups is 2. The topological polar surface area (TPSA) is 91.5 Å². The summed E-state index contributed by atoms with van der Waals surface area (Å²) >= 11 is 0. The molecule has 0 aromatic carbocycles. The lowest BCUT2D eigenvalue weighted by atomic mass is 10.00. The van der Waals surface area contributed by atoms with Gasteiger partial charge in [0.2, 0.25) is 11.6 Å². The molecule has 0 amide bonds. The standard InChI is InChI=1S/C11H10N4O2/c1-2-3-5-14-8-9(15-5)11(17)7-6(10(8)16)12-4-13-7/h4H,2-3H2,1H3,(H,12,13)(H,14,15). The number of H-pyrrole nitrogens is 2. The van der Waals surface area contributed by atoms with Gasteiger partial charge in [-0.2, -0.15) is 0 Å². The third-order valence-corrected chi connectivity index (χ3v) is 2.76. The van der Waals surface area contributed by atoms with Crippen molar-refractivity contribution in [1.82, 2.24) is 19.9 Å². The molecule has 0 atom stereocenters. The van der Waals surface area contributed by atoms with Gasteiger partial charge in [0.05, 0.1) is 6.33 Å². The largest absolute Gasteiger partial charge is 0.341 e. The molecule has 2 aromatic heterocycles. The summed E-state index contributed by atoms with van der Waals surface area (Å²) in [6, 6.07) is 0. The van der Waals surface area contributed by atoms with Gasteiger partial charge in [-0.15, -0.1) is 0 Å². The van der Waals surface area contributed by atoms with Crippen molar-refractivity contribution in [3.05, 3.63) is 34.9 Å². The van der Waals surface area contributed by atoms with Gasteiger partial charge in [0.1, 0.15) is 28.6 Å². The van der Waals surface area contributed by atoms with Crippen LogP contribution < -0.4 is 0 Å². The average Bonchev–Trinajstić information content (AvgIpc) is 2.92. The van der Waals surface area contributed by atoms with Crippen molar-refractivity contribution in [1.29, 1.82) is 0 Å². The number of hydrogen-bond donors (Lipinski definition) is 2. The Morgan fingerprint density at radius 1 is 1.18 bits per heavy atom. The Hall–Kier alpha value is -2.24.